The quantitative estimate of drug-likeness (QED) is 0.703. The predicted octanol–water partition coefficient (Wildman–Crippen LogP) is 2.96. The third-order valence-corrected chi connectivity index (χ3v) is 2.30. The van der Waals surface area contributed by atoms with E-state index in [1.54, 1.807) is 6.08 Å². The molecule has 5 heteroatoms. The molecule has 18 heavy (non-hydrogen) atoms. The number of aliphatic imine (C=N–C) groups is 1. The Morgan fingerprint density at radius 2 is 2.33 bits per heavy atom. The fourth-order valence-corrected chi connectivity index (χ4v) is 1.40. The molecule has 0 aromatic carbocycles. The van der Waals surface area contributed by atoms with Crippen molar-refractivity contribution < 1.29 is 9.18 Å². The number of hydrazone groups is 1. The Hall–Kier alpha value is -2.04. The molecule has 1 rings (SSSR count). The summed E-state index contributed by atoms with van der Waals surface area (Å²) in [5.41, 5.74) is 1.15. The third kappa shape index (κ3) is 3.48. The zero-order chi connectivity index (χ0) is 13.7. The third-order valence-electron chi connectivity index (χ3n) is 2.30. The molecular weight excluding hydrogens is 233 g/mol. The van der Waals surface area contributed by atoms with E-state index in [0.29, 0.717) is 18.0 Å². The van der Waals surface area contributed by atoms with Crippen LogP contribution in [-0.4, -0.2) is 22.7 Å². The van der Waals surface area contributed by atoms with Gasteiger partial charge in [0, 0.05) is 25.3 Å². The summed E-state index contributed by atoms with van der Waals surface area (Å²) in [6.45, 7) is 10.3. The summed E-state index contributed by atoms with van der Waals surface area (Å²) in [5.74, 6) is -0.237. The SMILES string of the molecule is C=C(F)C/C=N/N1C(=C)N=C(C(C)=O)C=C1CC. The van der Waals surface area contributed by atoms with Crippen molar-refractivity contribution >= 4 is 17.7 Å². The summed E-state index contributed by atoms with van der Waals surface area (Å²) in [5, 5.41) is 5.57. The van der Waals surface area contributed by atoms with Crippen LogP contribution < -0.4 is 0 Å². The maximum absolute atomic E-state index is 12.5. The van der Waals surface area contributed by atoms with Crippen molar-refractivity contribution in [3.05, 3.63) is 36.6 Å². The largest absolute Gasteiger partial charge is 0.293 e. The minimum absolute atomic E-state index is 0.0457. The standard InChI is InChI=1S/C13H16FN3O/c1-5-12-8-13(10(3)18)16-11(4)17(12)15-7-6-9(2)14/h7-8H,2,4-6H2,1,3H3/b15-7+. The summed E-state index contributed by atoms with van der Waals surface area (Å²) >= 11 is 0. The van der Waals surface area contributed by atoms with Crippen LogP contribution in [0.15, 0.2) is 46.7 Å². The molecule has 1 aliphatic rings. The van der Waals surface area contributed by atoms with Crippen molar-refractivity contribution in [2.75, 3.05) is 0 Å². The number of allylic oxidation sites excluding steroid dienone is 3. The Bertz CT molecular complexity index is 475. The molecule has 1 heterocycles. The molecule has 0 atom stereocenters. The lowest BCUT2D eigenvalue weighted by atomic mass is 10.1. The second kappa shape index (κ2) is 6.05. The van der Waals surface area contributed by atoms with E-state index in [4.69, 9.17) is 0 Å². The van der Waals surface area contributed by atoms with E-state index >= 15 is 0 Å². The van der Waals surface area contributed by atoms with Gasteiger partial charge in [-0.3, -0.25) is 4.79 Å². The first kappa shape index (κ1) is 14.0. The summed E-state index contributed by atoms with van der Waals surface area (Å²) in [7, 11) is 0. The van der Waals surface area contributed by atoms with Gasteiger partial charge >= 0.3 is 0 Å². The number of rotatable bonds is 5. The first-order valence-electron chi connectivity index (χ1n) is 5.60. The van der Waals surface area contributed by atoms with Crippen LogP contribution in [0, 0.1) is 0 Å². The normalized spacial score (nSPS) is 15.7. The number of carbonyl (C=O) groups is 1. The van der Waals surface area contributed by atoms with E-state index in [1.807, 2.05) is 6.92 Å². The Morgan fingerprint density at radius 3 is 2.83 bits per heavy atom. The molecule has 0 aromatic heterocycles. The first-order chi connectivity index (χ1) is 8.45. The molecule has 0 saturated heterocycles. The molecule has 0 fully saturated rings. The van der Waals surface area contributed by atoms with Crippen LogP contribution in [0.1, 0.15) is 26.7 Å². The zero-order valence-electron chi connectivity index (χ0n) is 10.6. The molecule has 0 bridgehead atoms. The molecule has 1 aliphatic heterocycles. The second-order valence-electron chi connectivity index (χ2n) is 3.79. The van der Waals surface area contributed by atoms with Crippen molar-refractivity contribution in [2.45, 2.75) is 26.7 Å². The van der Waals surface area contributed by atoms with Gasteiger partial charge < -0.3 is 0 Å². The Labute approximate surface area is 106 Å². The van der Waals surface area contributed by atoms with Gasteiger partial charge in [-0.25, -0.2) is 14.4 Å². The van der Waals surface area contributed by atoms with Crippen molar-refractivity contribution in [1.29, 1.82) is 0 Å². The van der Waals surface area contributed by atoms with E-state index in [0.717, 1.165) is 5.70 Å². The molecule has 0 N–H and O–H groups in total. The van der Waals surface area contributed by atoms with Crippen LogP contribution in [0.3, 0.4) is 0 Å². The Balaban J connectivity index is 2.92. The minimum Gasteiger partial charge on any atom is -0.293 e. The van der Waals surface area contributed by atoms with Gasteiger partial charge in [0.1, 0.15) is 11.5 Å². The maximum Gasteiger partial charge on any atom is 0.178 e. The van der Waals surface area contributed by atoms with Crippen LogP contribution in [0.5, 0.6) is 0 Å². The number of halogens is 1. The Morgan fingerprint density at radius 1 is 1.67 bits per heavy atom. The van der Waals surface area contributed by atoms with Gasteiger partial charge in [-0.15, -0.1) is 0 Å². The highest BCUT2D eigenvalue weighted by Crippen LogP contribution is 2.21. The number of carbonyl (C=O) groups excluding carboxylic acids is 1. The second-order valence-corrected chi connectivity index (χ2v) is 3.79. The number of hydrogen-bond donors (Lipinski definition) is 0. The lowest BCUT2D eigenvalue weighted by molar-refractivity contribution is -0.111. The summed E-state index contributed by atoms with van der Waals surface area (Å²) in [4.78, 5) is 15.3. The van der Waals surface area contributed by atoms with Crippen molar-refractivity contribution in [3.8, 4) is 0 Å². The zero-order valence-corrected chi connectivity index (χ0v) is 10.6. The van der Waals surface area contributed by atoms with Crippen molar-refractivity contribution in [3.63, 3.8) is 0 Å². The van der Waals surface area contributed by atoms with E-state index in [2.05, 4.69) is 23.3 Å². The van der Waals surface area contributed by atoms with Gasteiger partial charge in [-0.1, -0.05) is 20.1 Å². The van der Waals surface area contributed by atoms with Gasteiger partial charge in [0.05, 0.1) is 5.83 Å². The maximum atomic E-state index is 12.5. The highest BCUT2D eigenvalue weighted by Gasteiger charge is 2.18. The smallest absolute Gasteiger partial charge is 0.178 e. The van der Waals surface area contributed by atoms with Crippen LogP contribution >= 0.6 is 0 Å². The fraction of sp³-hybridized carbons (Fsp3) is 0.308. The van der Waals surface area contributed by atoms with E-state index < -0.39 is 5.83 Å². The van der Waals surface area contributed by atoms with Crippen molar-refractivity contribution in [2.24, 2.45) is 10.1 Å². The van der Waals surface area contributed by atoms with Gasteiger partial charge in [0.25, 0.3) is 0 Å². The number of nitrogens with zero attached hydrogens (tertiary/aromatic N) is 3. The van der Waals surface area contributed by atoms with Gasteiger partial charge in [-0.05, 0) is 12.5 Å². The van der Waals surface area contributed by atoms with Crippen molar-refractivity contribution in [1.82, 2.24) is 5.01 Å². The Kier molecular flexibility index (Phi) is 4.71. The number of ketones is 1. The summed E-state index contributed by atoms with van der Waals surface area (Å²) in [6.07, 6.45) is 3.77. The topological polar surface area (TPSA) is 45.0 Å². The summed E-state index contributed by atoms with van der Waals surface area (Å²) in [6, 6.07) is 0. The average Bonchev–Trinajstić information content (AvgIpc) is 2.29. The molecule has 0 spiro atoms. The lowest BCUT2D eigenvalue weighted by Crippen LogP contribution is -2.23. The molecular formula is C13H16FN3O. The molecule has 0 amide bonds. The molecule has 0 aliphatic carbocycles. The predicted molar refractivity (Wildman–Crippen MR) is 70.8 cm³/mol. The highest BCUT2D eigenvalue weighted by atomic mass is 19.1. The molecule has 0 radical (unpaired) electrons. The number of hydrogen-bond acceptors (Lipinski definition) is 4. The van der Waals surface area contributed by atoms with Gasteiger partial charge in [0.15, 0.2) is 5.78 Å². The number of Topliss-reactive ketones (excluding diaryl/α,β-unsaturated/α-hetero) is 1. The van der Waals surface area contributed by atoms with Crippen LogP contribution in [-0.2, 0) is 4.79 Å². The molecule has 0 saturated carbocycles. The molecule has 0 unspecified atom stereocenters. The molecule has 4 nitrogen and oxygen atoms in total. The lowest BCUT2D eigenvalue weighted by Gasteiger charge is -2.24. The summed E-state index contributed by atoms with van der Waals surface area (Å²) < 4.78 is 12.5. The van der Waals surface area contributed by atoms with E-state index in [9.17, 15) is 9.18 Å². The van der Waals surface area contributed by atoms with Crippen LogP contribution in [0.2, 0.25) is 0 Å². The van der Waals surface area contributed by atoms with Crippen LogP contribution in [0.4, 0.5) is 4.39 Å². The fourth-order valence-electron chi connectivity index (χ4n) is 1.40. The highest BCUT2D eigenvalue weighted by molar-refractivity contribution is 6.43. The minimum atomic E-state index is -0.462. The molecule has 96 valence electrons. The van der Waals surface area contributed by atoms with E-state index in [1.165, 1.54) is 18.1 Å². The first-order valence-corrected chi connectivity index (χ1v) is 5.60. The van der Waals surface area contributed by atoms with Crippen LogP contribution in [0.25, 0.3) is 0 Å². The van der Waals surface area contributed by atoms with Gasteiger partial charge in [0.2, 0.25) is 0 Å². The monoisotopic (exact) mass is 249 g/mol. The van der Waals surface area contributed by atoms with Gasteiger partial charge in [-0.2, -0.15) is 5.10 Å². The molecule has 0 aromatic rings. The van der Waals surface area contributed by atoms with E-state index in [-0.39, 0.29) is 12.2 Å². The average molecular weight is 249 g/mol.